The average Bonchev–Trinajstić information content (AvgIpc) is 2.27. The Morgan fingerprint density at radius 3 is 2.21 bits per heavy atom. The van der Waals surface area contributed by atoms with E-state index in [9.17, 15) is 13.5 Å². The molecule has 14 heavy (non-hydrogen) atoms. The molecule has 0 spiro atoms. The van der Waals surface area contributed by atoms with Gasteiger partial charge in [0.15, 0.2) is 0 Å². The van der Waals surface area contributed by atoms with Crippen molar-refractivity contribution in [2.24, 2.45) is 0 Å². The number of aliphatic hydroxyl groups excluding tert-OH is 1. The molecule has 0 amide bonds. The van der Waals surface area contributed by atoms with Crippen LogP contribution in [0.4, 0.5) is 0 Å². The Hall–Kier alpha value is -0.170. The van der Waals surface area contributed by atoms with Gasteiger partial charge in [-0.1, -0.05) is 0 Å². The largest absolute Gasteiger partial charge is 0.391 e. The van der Waals surface area contributed by atoms with Gasteiger partial charge in [0, 0.05) is 20.6 Å². The Morgan fingerprint density at radius 2 is 1.93 bits per heavy atom. The predicted octanol–water partition coefficient (Wildman–Crippen LogP) is -0.362. The summed E-state index contributed by atoms with van der Waals surface area (Å²) in [6.07, 6.45) is -0.0858. The Balaban J connectivity index is 3.02. The molecule has 0 radical (unpaired) electrons. The molecule has 1 unspecified atom stereocenters. The molecule has 1 atom stereocenters. The fourth-order valence-electron chi connectivity index (χ4n) is 1.66. The Bertz CT molecular complexity index is 311. The lowest BCUT2D eigenvalue weighted by atomic mass is 10.0. The van der Waals surface area contributed by atoms with Gasteiger partial charge >= 0.3 is 0 Å². The van der Waals surface area contributed by atoms with Crippen LogP contribution < -0.4 is 0 Å². The monoisotopic (exact) mass is 222 g/mol. The highest BCUT2D eigenvalue weighted by Gasteiger charge is 2.47. The topological polar surface area (TPSA) is 60.9 Å². The van der Waals surface area contributed by atoms with Crippen LogP contribution >= 0.6 is 0 Å². The quantitative estimate of drug-likeness (QED) is 0.694. The van der Waals surface area contributed by atoms with Crippen LogP contribution in [0.1, 0.15) is 20.3 Å². The van der Waals surface area contributed by atoms with E-state index in [1.807, 2.05) is 0 Å². The maximum absolute atomic E-state index is 11.8. The first kappa shape index (κ1) is 11.9. The zero-order chi connectivity index (χ0) is 11.1. The summed E-state index contributed by atoms with van der Waals surface area (Å²) in [5.74, 6) is 0. The van der Waals surface area contributed by atoms with Crippen molar-refractivity contribution in [3.05, 3.63) is 0 Å². The van der Waals surface area contributed by atoms with Crippen molar-refractivity contribution in [2.45, 2.75) is 31.9 Å². The van der Waals surface area contributed by atoms with E-state index < -0.39 is 21.9 Å². The maximum Gasteiger partial charge on any atom is 0.282 e. The van der Waals surface area contributed by atoms with Crippen LogP contribution in [-0.4, -0.2) is 54.4 Å². The first-order chi connectivity index (χ1) is 6.20. The van der Waals surface area contributed by atoms with Gasteiger partial charge in [0.2, 0.25) is 0 Å². The minimum atomic E-state index is -3.41. The SMILES string of the molecule is CN(C)S(=O)(=O)N1CCC(O)C1(C)C. The van der Waals surface area contributed by atoms with E-state index >= 15 is 0 Å². The summed E-state index contributed by atoms with van der Waals surface area (Å²) in [4.78, 5) is 0. The highest BCUT2D eigenvalue weighted by Crippen LogP contribution is 2.31. The van der Waals surface area contributed by atoms with Crippen LogP contribution in [0.3, 0.4) is 0 Å². The zero-order valence-corrected chi connectivity index (χ0v) is 9.87. The normalized spacial score (nSPS) is 28.6. The van der Waals surface area contributed by atoms with Crippen LogP contribution in [0.25, 0.3) is 0 Å². The summed E-state index contributed by atoms with van der Waals surface area (Å²) in [6.45, 7) is 3.87. The van der Waals surface area contributed by atoms with Crippen LogP contribution in [0.2, 0.25) is 0 Å². The lowest BCUT2D eigenvalue weighted by Crippen LogP contribution is -2.51. The van der Waals surface area contributed by atoms with Crippen molar-refractivity contribution in [2.75, 3.05) is 20.6 Å². The predicted molar refractivity (Wildman–Crippen MR) is 54.0 cm³/mol. The smallest absolute Gasteiger partial charge is 0.282 e. The molecule has 0 saturated carbocycles. The van der Waals surface area contributed by atoms with Crippen LogP contribution in [0, 0.1) is 0 Å². The molecule has 0 aromatic rings. The van der Waals surface area contributed by atoms with E-state index in [1.165, 1.54) is 22.7 Å². The van der Waals surface area contributed by atoms with Gasteiger partial charge in [0.05, 0.1) is 11.6 Å². The minimum Gasteiger partial charge on any atom is -0.391 e. The molecule has 0 bridgehead atoms. The summed E-state index contributed by atoms with van der Waals surface area (Å²) in [6, 6.07) is 0. The molecule has 1 N–H and O–H groups in total. The molecule has 5 nitrogen and oxygen atoms in total. The molecule has 0 aromatic carbocycles. The average molecular weight is 222 g/mol. The molecular formula is C8H18N2O3S. The van der Waals surface area contributed by atoms with Crippen molar-refractivity contribution in [1.82, 2.24) is 8.61 Å². The maximum atomic E-state index is 11.8. The molecular weight excluding hydrogens is 204 g/mol. The molecule has 6 heteroatoms. The molecule has 1 rings (SSSR count). The van der Waals surface area contributed by atoms with E-state index in [0.717, 1.165) is 0 Å². The third-order valence-corrected chi connectivity index (χ3v) is 4.94. The van der Waals surface area contributed by atoms with E-state index in [2.05, 4.69) is 0 Å². The van der Waals surface area contributed by atoms with E-state index in [-0.39, 0.29) is 0 Å². The van der Waals surface area contributed by atoms with E-state index in [4.69, 9.17) is 0 Å². The molecule has 0 aliphatic carbocycles. The molecule has 1 heterocycles. The van der Waals surface area contributed by atoms with Crippen LogP contribution in [0.15, 0.2) is 0 Å². The molecule has 1 aliphatic rings. The molecule has 1 aliphatic heterocycles. The second-order valence-corrected chi connectivity index (χ2v) is 6.39. The number of hydrogen-bond donors (Lipinski definition) is 1. The highest BCUT2D eigenvalue weighted by molar-refractivity contribution is 7.86. The van der Waals surface area contributed by atoms with Crippen molar-refractivity contribution in [3.63, 3.8) is 0 Å². The van der Waals surface area contributed by atoms with Gasteiger partial charge in [-0.3, -0.25) is 0 Å². The molecule has 1 saturated heterocycles. The summed E-state index contributed by atoms with van der Waals surface area (Å²) >= 11 is 0. The number of rotatable bonds is 2. The summed E-state index contributed by atoms with van der Waals surface area (Å²) in [5.41, 5.74) is -0.705. The molecule has 0 aromatic heterocycles. The zero-order valence-electron chi connectivity index (χ0n) is 9.06. The fourth-order valence-corrected chi connectivity index (χ4v) is 3.10. The van der Waals surface area contributed by atoms with Gasteiger partial charge in [-0.2, -0.15) is 17.0 Å². The Kier molecular flexibility index (Phi) is 2.93. The van der Waals surface area contributed by atoms with Crippen LogP contribution in [0.5, 0.6) is 0 Å². The standard InChI is InChI=1S/C8H18N2O3S/c1-8(2)7(11)5-6-10(8)14(12,13)9(3)4/h7,11H,5-6H2,1-4H3. The van der Waals surface area contributed by atoms with Crippen LogP contribution in [-0.2, 0) is 10.2 Å². The number of aliphatic hydroxyl groups is 1. The first-order valence-corrected chi connectivity index (χ1v) is 5.98. The highest BCUT2D eigenvalue weighted by atomic mass is 32.2. The van der Waals surface area contributed by atoms with Gasteiger partial charge in [0.25, 0.3) is 10.2 Å². The lowest BCUT2D eigenvalue weighted by Gasteiger charge is -2.34. The van der Waals surface area contributed by atoms with Gasteiger partial charge in [0.1, 0.15) is 0 Å². The third kappa shape index (κ3) is 1.67. The summed E-state index contributed by atoms with van der Waals surface area (Å²) < 4.78 is 26.2. The van der Waals surface area contributed by atoms with Gasteiger partial charge in [-0.05, 0) is 20.3 Å². The van der Waals surface area contributed by atoms with Crippen molar-refractivity contribution in [3.8, 4) is 0 Å². The fraction of sp³-hybridized carbons (Fsp3) is 1.00. The second-order valence-electron chi connectivity index (χ2n) is 4.32. The van der Waals surface area contributed by atoms with Crippen molar-refractivity contribution >= 4 is 10.2 Å². The number of hydrogen-bond acceptors (Lipinski definition) is 3. The van der Waals surface area contributed by atoms with Crippen molar-refractivity contribution < 1.29 is 13.5 Å². The lowest BCUT2D eigenvalue weighted by molar-refractivity contribution is 0.0882. The first-order valence-electron chi connectivity index (χ1n) is 4.59. The minimum absolute atomic E-state index is 0.384. The third-order valence-electron chi connectivity index (χ3n) is 2.80. The Morgan fingerprint density at radius 1 is 1.43 bits per heavy atom. The molecule has 84 valence electrons. The summed E-state index contributed by atoms with van der Waals surface area (Å²) in [5, 5.41) is 9.65. The second kappa shape index (κ2) is 3.44. The Labute approximate surface area is 85.5 Å². The van der Waals surface area contributed by atoms with E-state index in [1.54, 1.807) is 13.8 Å². The van der Waals surface area contributed by atoms with Gasteiger partial charge < -0.3 is 5.11 Å². The van der Waals surface area contributed by atoms with Gasteiger partial charge in [-0.15, -0.1) is 0 Å². The van der Waals surface area contributed by atoms with E-state index in [0.29, 0.717) is 13.0 Å². The molecule has 1 fully saturated rings. The van der Waals surface area contributed by atoms with Gasteiger partial charge in [-0.25, -0.2) is 0 Å². The number of nitrogens with zero attached hydrogens (tertiary/aromatic N) is 2. The summed E-state index contributed by atoms with van der Waals surface area (Å²) in [7, 11) is -0.418. The van der Waals surface area contributed by atoms with Crippen molar-refractivity contribution in [1.29, 1.82) is 0 Å².